The van der Waals surface area contributed by atoms with Crippen LogP contribution in [0, 0.1) is 0 Å². The molecule has 1 aliphatic rings. The van der Waals surface area contributed by atoms with Crippen molar-refractivity contribution < 1.29 is 0 Å². The molecule has 2 heterocycles. The molecule has 1 aromatic heterocycles. The quantitative estimate of drug-likeness (QED) is 0.800. The molecule has 23 heavy (non-hydrogen) atoms. The minimum Gasteiger partial charge on any atom is -0.399 e. The Morgan fingerprint density at radius 3 is 2.22 bits per heavy atom. The summed E-state index contributed by atoms with van der Waals surface area (Å²) in [6.45, 7) is 6.26. The molecule has 0 radical (unpaired) electrons. The standard InChI is InChI=1S/C15H21N5.3ClH/c16-14-3-1-2-13(10-14)11-19-6-8-20(9-7-19)12-15-17-4-5-18-15;;;/h1-5,10H,6-9,11-12,16H2,(H,17,18);3*1H. The average Bonchev–Trinajstić information content (AvgIpc) is 2.94. The van der Waals surface area contributed by atoms with Crippen molar-refractivity contribution in [2.24, 2.45) is 0 Å². The van der Waals surface area contributed by atoms with Crippen LogP contribution in [0.15, 0.2) is 36.7 Å². The number of rotatable bonds is 4. The van der Waals surface area contributed by atoms with Gasteiger partial charge in [0.15, 0.2) is 0 Å². The lowest BCUT2D eigenvalue weighted by Crippen LogP contribution is -2.45. The lowest BCUT2D eigenvalue weighted by molar-refractivity contribution is 0.120. The number of hydrogen-bond donors (Lipinski definition) is 2. The number of aromatic nitrogens is 2. The lowest BCUT2D eigenvalue weighted by Gasteiger charge is -2.34. The Morgan fingerprint density at radius 2 is 1.65 bits per heavy atom. The van der Waals surface area contributed by atoms with Crippen LogP contribution in [-0.2, 0) is 13.1 Å². The van der Waals surface area contributed by atoms with E-state index in [1.807, 2.05) is 24.5 Å². The second kappa shape index (κ2) is 10.7. The lowest BCUT2D eigenvalue weighted by atomic mass is 10.2. The van der Waals surface area contributed by atoms with Crippen molar-refractivity contribution in [3.05, 3.63) is 48.0 Å². The molecule has 0 atom stereocenters. The molecule has 3 N–H and O–H groups in total. The zero-order valence-electron chi connectivity index (χ0n) is 12.9. The second-order valence-electron chi connectivity index (χ2n) is 5.33. The van der Waals surface area contributed by atoms with Gasteiger partial charge in [0.2, 0.25) is 0 Å². The number of nitrogen functional groups attached to an aromatic ring is 1. The number of H-pyrrole nitrogens is 1. The predicted molar refractivity (Wildman–Crippen MR) is 102 cm³/mol. The molecule has 8 heteroatoms. The number of nitrogens with two attached hydrogens (primary N) is 1. The number of anilines is 1. The summed E-state index contributed by atoms with van der Waals surface area (Å²) in [6, 6.07) is 8.17. The molecule has 3 rings (SSSR count). The fourth-order valence-corrected chi connectivity index (χ4v) is 2.65. The summed E-state index contributed by atoms with van der Waals surface area (Å²) >= 11 is 0. The molecule has 0 amide bonds. The SMILES string of the molecule is Cl.Cl.Cl.Nc1cccc(CN2CCN(Cc3ncc[nH]3)CC2)c1. The summed E-state index contributed by atoms with van der Waals surface area (Å²) in [5.41, 5.74) is 7.97. The maximum Gasteiger partial charge on any atom is 0.120 e. The monoisotopic (exact) mass is 379 g/mol. The number of halogens is 3. The molecule has 0 aliphatic carbocycles. The van der Waals surface area contributed by atoms with Crippen LogP contribution in [0.5, 0.6) is 0 Å². The molecular weight excluding hydrogens is 357 g/mol. The van der Waals surface area contributed by atoms with E-state index in [4.69, 9.17) is 5.73 Å². The van der Waals surface area contributed by atoms with Gasteiger partial charge in [0.25, 0.3) is 0 Å². The Bertz CT molecular complexity index is 542. The molecule has 1 aliphatic heterocycles. The van der Waals surface area contributed by atoms with E-state index in [-0.39, 0.29) is 37.2 Å². The molecule has 1 aromatic carbocycles. The third-order valence-electron chi connectivity index (χ3n) is 3.75. The van der Waals surface area contributed by atoms with Crippen molar-refractivity contribution in [3.63, 3.8) is 0 Å². The van der Waals surface area contributed by atoms with E-state index < -0.39 is 0 Å². The van der Waals surface area contributed by atoms with Crippen molar-refractivity contribution in [1.29, 1.82) is 0 Å². The van der Waals surface area contributed by atoms with Crippen LogP contribution in [-0.4, -0.2) is 45.9 Å². The molecule has 0 spiro atoms. The van der Waals surface area contributed by atoms with Gasteiger partial charge >= 0.3 is 0 Å². The van der Waals surface area contributed by atoms with E-state index in [1.54, 1.807) is 0 Å². The van der Waals surface area contributed by atoms with E-state index in [1.165, 1.54) is 5.56 Å². The van der Waals surface area contributed by atoms with Crippen LogP contribution in [0.25, 0.3) is 0 Å². The second-order valence-corrected chi connectivity index (χ2v) is 5.33. The minimum atomic E-state index is 0. The number of nitrogens with one attached hydrogen (secondary N) is 1. The largest absolute Gasteiger partial charge is 0.399 e. The van der Waals surface area contributed by atoms with Gasteiger partial charge in [-0.3, -0.25) is 9.80 Å². The fourth-order valence-electron chi connectivity index (χ4n) is 2.65. The summed E-state index contributed by atoms with van der Waals surface area (Å²) in [7, 11) is 0. The van der Waals surface area contributed by atoms with Crippen molar-refractivity contribution in [1.82, 2.24) is 19.8 Å². The third kappa shape index (κ3) is 6.57. The smallest absolute Gasteiger partial charge is 0.120 e. The number of hydrogen-bond acceptors (Lipinski definition) is 4. The Labute approximate surface area is 155 Å². The van der Waals surface area contributed by atoms with E-state index in [2.05, 4.69) is 31.9 Å². The molecule has 0 unspecified atom stereocenters. The summed E-state index contributed by atoms with van der Waals surface area (Å²) in [4.78, 5) is 12.4. The highest BCUT2D eigenvalue weighted by molar-refractivity contribution is 5.86. The van der Waals surface area contributed by atoms with Crippen molar-refractivity contribution >= 4 is 42.9 Å². The van der Waals surface area contributed by atoms with Crippen molar-refractivity contribution in [3.8, 4) is 0 Å². The Balaban J connectivity index is 0.00000161. The molecular formula is C15H24Cl3N5. The maximum atomic E-state index is 5.82. The first-order valence-electron chi connectivity index (χ1n) is 7.07. The highest BCUT2D eigenvalue weighted by Gasteiger charge is 2.17. The van der Waals surface area contributed by atoms with Crippen LogP contribution in [0.2, 0.25) is 0 Å². The molecule has 1 fully saturated rings. The van der Waals surface area contributed by atoms with Crippen molar-refractivity contribution in [2.75, 3.05) is 31.9 Å². The average molecular weight is 381 g/mol. The van der Waals surface area contributed by atoms with E-state index >= 15 is 0 Å². The number of imidazole rings is 1. The van der Waals surface area contributed by atoms with E-state index in [0.29, 0.717) is 0 Å². The predicted octanol–water partition coefficient (Wildman–Crippen LogP) is 2.58. The molecule has 2 aromatic rings. The number of nitrogens with zero attached hydrogens (tertiary/aromatic N) is 3. The van der Waals surface area contributed by atoms with Gasteiger partial charge in [-0.2, -0.15) is 0 Å². The van der Waals surface area contributed by atoms with Gasteiger partial charge in [-0.1, -0.05) is 12.1 Å². The Kier molecular flexibility index (Phi) is 10.3. The summed E-state index contributed by atoms with van der Waals surface area (Å²) in [5.74, 6) is 1.05. The van der Waals surface area contributed by atoms with E-state index in [0.717, 1.165) is 50.8 Å². The Hall–Kier alpha value is -0.980. The van der Waals surface area contributed by atoms with Gasteiger partial charge in [-0.15, -0.1) is 37.2 Å². The van der Waals surface area contributed by atoms with Gasteiger partial charge < -0.3 is 10.7 Å². The summed E-state index contributed by atoms with van der Waals surface area (Å²) in [6.07, 6.45) is 3.69. The summed E-state index contributed by atoms with van der Waals surface area (Å²) in [5, 5.41) is 0. The molecule has 5 nitrogen and oxygen atoms in total. The molecule has 130 valence electrons. The van der Waals surface area contributed by atoms with Gasteiger partial charge in [-0.25, -0.2) is 4.98 Å². The van der Waals surface area contributed by atoms with Crippen LogP contribution in [0.3, 0.4) is 0 Å². The third-order valence-corrected chi connectivity index (χ3v) is 3.75. The first-order valence-corrected chi connectivity index (χ1v) is 7.07. The Morgan fingerprint density at radius 1 is 1.00 bits per heavy atom. The van der Waals surface area contributed by atoms with E-state index in [9.17, 15) is 0 Å². The first kappa shape index (κ1) is 22.0. The zero-order valence-corrected chi connectivity index (χ0v) is 15.3. The van der Waals surface area contributed by atoms with Crippen LogP contribution in [0.1, 0.15) is 11.4 Å². The number of aromatic amines is 1. The molecule has 0 saturated carbocycles. The highest BCUT2D eigenvalue weighted by atomic mass is 35.5. The first-order chi connectivity index (χ1) is 9.79. The van der Waals surface area contributed by atoms with Crippen LogP contribution >= 0.6 is 37.2 Å². The highest BCUT2D eigenvalue weighted by Crippen LogP contribution is 2.12. The van der Waals surface area contributed by atoms with Gasteiger partial charge in [0.05, 0.1) is 6.54 Å². The van der Waals surface area contributed by atoms with Crippen LogP contribution < -0.4 is 5.73 Å². The van der Waals surface area contributed by atoms with Gasteiger partial charge in [0.1, 0.15) is 5.82 Å². The zero-order chi connectivity index (χ0) is 13.8. The molecule has 0 bridgehead atoms. The maximum absolute atomic E-state index is 5.82. The number of benzene rings is 1. The normalized spacial score (nSPS) is 15.1. The fraction of sp³-hybridized carbons (Fsp3) is 0.400. The summed E-state index contributed by atoms with van der Waals surface area (Å²) < 4.78 is 0. The minimum absolute atomic E-state index is 0. The van der Waals surface area contributed by atoms with Crippen LogP contribution in [0.4, 0.5) is 5.69 Å². The molecule has 1 saturated heterocycles. The topological polar surface area (TPSA) is 61.2 Å². The van der Waals surface area contributed by atoms with Gasteiger partial charge in [0, 0.05) is 50.8 Å². The van der Waals surface area contributed by atoms with Crippen molar-refractivity contribution in [2.45, 2.75) is 13.1 Å². The van der Waals surface area contributed by atoms with Gasteiger partial charge in [-0.05, 0) is 17.7 Å². The number of piperazine rings is 1.